The highest BCUT2D eigenvalue weighted by molar-refractivity contribution is 7.92. The third kappa shape index (κ3) is 5.34. The second kappa shape index (κ2) is 11.2. The summed E-state index contributed by atoms with van der Waals surface area (Å²) in [6.07, 6.45) is 5.93. The lowest BCUT2D eigenvalue weighted by atomic mass is 9.81. The molecule has 1 aliphatic heterocycles. The van der Waals surface area contributed by atoms with Gasteiger partial charge in [-0.25, -0.2) is 22.2 Å². The van der Waals surface area contributed by atoms with Crippen molar-refractivity contribution in [1.82, 2.24) is 20.1 Å². The zero-order valence-electron chi connectivity index (χ0n) is 23.5. The molecule has 1 saturated carbocycles. The number of ether oxygens (including phenoxy) is 1. The topological polar surface area (TPSA) is 124 Å². The largest absolute Gasteiger partial charge is 0.383 e. The number of hydrogen-bond donors (Lipinski definition) is 3. The minimum Gasteiger partial charge on any atom is -0.383 e. The Bertz CT molecular complexity index is 1730. The van der Waals surface area contributed by atoms with Gasteiger partial charge in [-0.1, -0.05) is 18.2 Å². The lowest BCUT2D eigenvalue weighted by Gasteiger charge is -2.35. The van der Waals surface area contributed by atoms with Crippen molar-refractivity contribution < 1.29 is 21.9 Å². The van der Waals surface area contributed by atoms with E-state index >= 15 is 4.39 Å². The van der Waals surface area contributed by atoms with E-state index in [1.54, 1.807) is 6.07 Å². The van der Waals surface area contributed by atoms with Crippen molar-refractivity contribution in [3.05, 3.63) is 65.9 Å². The molecule has 1 saturated heterocycles. The lowest BCUT2D eigenvalue weighted by molar-refractivity contribution is -0.0121. The zero-order chi connectivity index (χ0) is 29.6. The van der Waals surface area contributed by atoms with E-state index < -0.39 is 26.6 Å². The van der Waals surface area contributed by atoms with Gasteiger partial charge in [-0.3, -0.25) is 9.40 Å². The fourth-order valence-corrected chi connectivity index (χ4v) is 7.08. The number of anilines is 2. The summed E-state index contributed by atoms with van der Waals surface area (Å²) >= 11 is 0. The molecule has 0 radical (unpaired) electrons. The number of fused-ring (bicyclic) bond motifs is 1. The molecular weight excluding hydrogens is 562 g/mol. The van der Waals surface area contributed by atoms with Gasteiger partial charge >= 0.3 is 0 Å². The second-order valence-electron chi connectivity index (χ2n) is 11.4. The van der Waals surface area contributed by atoms with Crippen LogP contribution in [0, 0.1) is 11.6 Å². The number of rotatable bonds is 8. The van der Waals surface area contributed by atoms with E-state index in [1.807, 2.05) is 24.7 Å². The predicted octanol–water partition coefficient (Wildman–Crippen LogP) is 5.36. The highest BCUT2D eigenvalue weighted by Gasteiger charge is 2.30. The Hall–Kier alpha value is -3.61. The highest BCUT2D eigenvalue weighted by atomic mass is 32.2. The van der Waals surface area contributed by atoms with Crippen molar-refractivity contribution in [3.8, 4) is 11.3 Å². The minimum atomic E-state index is -4.35. The van der Waals surface area contributed by atoms with E-state index in [0.29, 0.717) is 34.5 Å². The van der Waals surface area contributed by atoms with Crippen LogP contribution in [0.1, 0.15) is 57.1 Å². The van der Waals surface area contributed by atoms with Crippen LogP contribution in [0.5, 0.6) is 0 Å². The predicted molar refractivity (Wildman–Crippen MR) is 158 cm³/mol. The van der Waals surface area contributed by atoms with Crippen molar-refractivity contribution >= 4 is 32.4 Å². The number of nitrogens with one attached hydrogen (secondary N) is 2. The lowest BCUT2D eigenvalue weighted by Crippen LogP contribution is -2.51. The van der Waals surface area contributed by atoms with Gasteiger partial charge in [-0.05, 0) is 75.3 Å². The number of aromatic nitrogens is 3. The summed E-state index contributed by atoms with van der Waals surface area (Å²) in [5, 5.41) is 9.20. The Labute approximate surface area is 243 Å². The van der Waals surface area contributed by atoms with Crippen molar-refractivity contribution in [2.24, 2.45) is 0 Å². The second-order valence-corrected chi connectivity index (χ2v) is 13.0. The smallest absolute Gasteiger partial charge is 0.264 e. The van der Waals surface area contributed by atoms with Crippen LogP contribution in [0.3, 0.4) is 0 Å². The zero-order valence-corrected chi connectivity index (χ0v) is 24.3. The van der Waals surface area contributed by atoms with Crippen molar-refractivity contribution in [2.75, 3.05) is 23.7 Å². The molecule has 2 fully saturated rings. The average molecular weight is 597 g/mol. The Morgan fingerprint density at radius 3 is 2.40 bits per heavy atom. The van der Waals surface area contributed by atoms with Gasteiger partial charge < -0.3 is 15.8 Å². The molecule has 0 spiro atoms. The number of benzene rings is 2. The van der Waals surface area contributed by atoms with Gasteiger partial charge in [0.15, 0.2) is 0 Å². The van der Waals surface area contributed by atoms with Crippen LogP contribution in [0.2, 0.25) is 0 Å². The number of nitrogens with zero attached hydrogens (tertiary/aromatic N) is 3. The molecule has 6 rings (SSSR count). The summed E-state index contributed by atoms with van der Waals surface area (Å²) in [7, 11) is -4.35. The number of nitrogens with two attached hydrogens (primary N) is 1. The monoisotopic (exact) mass is 596 g/mol. The van der Waals surface area contributed by atoms with Crippen LogP contribution in [-0.2, 0) is 14.8 Å². The Morgan fingerprint density at radius 2 is 1.76 bits per heavy atom. The molecule has 0 bridgehead atoms. The van der Waals surface area contributed by atoms with E-state index in [0.717, 1.165) is 62.1 Å². The van der Waals surface area contributed by atoms with Gasteiger partial charge in [0.2, 0.25) is 0 Å². The SMILES string of the molecule is CC(C)n1nc(-c2ccc(NS(=O)(=O)c3ccccc3F)c(F)c2)c2c(N)ncc([C@H]3CC[C@@H](NC4COC4)CC3)c21. The summed E-state index contributed by atoms with van der Waals surface area (Å²) in [5.74, 6) is -1.18. The van der Waals surface area contributed by atoms with Crippen LogP contribution in [0.15, 0.2) is 53.6 Å². The molecule has 0 unspecified atom stereocenters. The first kappa shape index (κ1) is 28.5. The molecule has 0 amide bonds. The van der Waals surface area contributed by atoms with Gasteiger partial charge in [0, 0.05) is 23.8 Å². The molecule has 0 atom stereocenters. The molecule has 1 aliphatic carbocycles. The summed E-state index contributed by atoms with van der Waals surface area (Å²) < 4.78 is 64.3. The first-order valence-electron chi connectivity index (χ1n) is 14.2. The number of sulfonamides is 1. The average Bonchev–Trinajstić information content (AvgIpc) is 3.35. The van der Waals surface area contributed by atoms with Gasteiger partial charge in [-0.2, -0.15) is 5.10 Å². The maximum absolute atomic E-state index is 15.4. The minimum absolute atomic E-state index is 0.00452. The van der Waals surface area contributed by atoms with E-state index in [4.69, 9.17) is 15.6 Å². The van der Waals surface area contributed by atoms with Gasteiger partial charge in [-0.15, -0.1) is 0 Å². The maximum Gasteiger partial charge on any atom is 0.264 e. The summed E-state index contributed by atoms with van der Waals surface area (Å²) in [6, 6.07) is 9.92. The van der Waals surface area contributed by atoms with E-state index in [-0.39, 0.29) is 17.6 Å². The molecule has 4 N–H and O–H groups in total. The van der Waals surface area contributed by atoms with Gasteiger partial charge in [0.25, 0.3) is 10.0 Å². The van der Waals surface area contributed by atoms with E-state index in [2.05, 4.69) is 15.0 Å². The summed E-state index contributed by atoms with van der Waals surface area (Å²) in [6.45, 7) is 5.61. The first-order chi connectivity index (χ1) is 20.1. The normalized spacial score (nSPS) is 19.7. The molecule has 2 aromatic carbocycles. The molecule has 3 heterocycles. The molecular formula is C30H34F2N6O3S. The van der Waals surface area contributed by atoms with E-state index in [9.17, 15) is 12.8 Å². The molecule has 9 nitrogen and oxygen atoms in total. The standard InChI is InChI=1S/C30H34F2N6O3S/c1-17(2)38-29-22(18-7-10-20(11-8-18)35-21-15-41-16-21)14-34-30(33)27(29)28(36-38)19-9-12-25(24(32)13-19)37-42(39,40)26-6-4-3-5-23(26)31/h3-6,9,12-14,17-18,20-21,35,37H,7-8,10-11,15-16H2,1-2H3,(H2,33,34)/t18-,20+. The number of halogens is 2. The van der Waals surface area contributed by atoms with Crippen molar-refractivity contribution in [1.29, 1.82) is 0 Å². The van der Waals surface area contributed by atoms with Crippen LogP contribution in [0.4, 0.5) is 20.3 Å². The Morgan fingerprint density at radius 1 is 1.02 bits per heavy atom. The van der Waals surface area contributed by atoms with Crippen molar-refractivity contribution in [2.45, 2.75) is 68.5 Å². The number of pyridine rings is 1. The molecule has 2 aliphatic rings. The fraction of sp³-hybridized carbons (Fsp3) is 0.400. The third-order valence-electron chi connectivity index (χ3n) is 8.16. The first-order valence-corrected chi connectivity index (χ1v) is 15.7. The highest BCUT2D eigenvalue weighted by Crippen LogP contribution is 2.42. The number of hydrogen-bond acceptors (Lipinski definition) is 7. The molecule has 4 aromatic rings. The quantitative estimate of drug-likeness (QED) is 0.250. The number of nitrogen functional groups attached to an aromatic ring is 1. The van der Waals surface area contributed by atoms with Crippen LogP contribution >= 0.6 is 0 Å². The van der Waals surface area contributed by atoms with E-state index in [1.165, 1.54) is 24.3 Å². The Balaban J connectivity index is 1.33. The van der Waals surface area contributed by atoms with Crippen LogP contribution in [0.25, 0.3) is 22.2 Å². The third-order valence-corrected chi connectivity index (χ3v) is 9.56. The molecule has 222 valence electrons. The summed E-state index contributed by atoms with van der Waals surface area (Å²) in [5.41, 5.74) is 8.98. The molecule has 42 heavy (non-hydrogen) atoms. The Kier molecular flexibility index (Phi) is 7.62. The van der Waals surface area contributed by atoms with Gasteiger partial charge in [0.1, 0.15) is 28.0 Å². The molecule has 12 heteroatoms. The van der Waals surface area contributed by atoms with Gasteiger partial charge in [0.05, 0.1) is 35.8 Å². The van der Waals surface area contributed by atoms with Crippen LogP contribution in [-0.4, -0.2) is 48.5 Å². The van der Waals surface area contributed by atoms with Crippen LogP contribution < -0.4 is 15.8 Å². The summed E-state index contributed by atoms with van der Waals surface area (Å²) in [4.78, 5) is 3.97. The maximum atomic E-state index is 15.4. The fourth-order valence-electron chi connectivity index (χ4n) is 5.94. The van der Waals surface area contributed by atoms with Crippen molar-refractivity contribution in [3.63, 3.8) is 0 Å². The molecule has 2 aromatic heterocycles.